The second-order valence-corrected chi connectivity index (χ2v) is 3.04. The Balaban J connectivity index is 3.08. The molecular weight excluding hydrogens is 232 g/mol. The number of nitro groups is 1. The molecule has 3 N–H and O–H groups in total. The second kappa shape index (κ2) is 4.92. The number of anilines is 1. The van der Waals surface area contributed by atoms with E-state index in [1.807, 2.05) is 0 Å². The van der Waals surface area contributed by atoms with Crippen molar-refractivity contribution in [3.63, 3.8) is 0 Å². The summed E-state index contributed by atoms with van der Waals surface area (Å²) in [5.41, 5.74) is -0.700. The van der Waals surface area contributed by atoms with Crippen LogP contribution in [-0.4, -0.2) is 33.6 Å². The van der Waals surface area contributed by atoms with Crippen LogP contribution in [0.4, 0.5) is 11.4 Å². The predicted octanol–water partition coefficient (Wildman–Crippen LogP) is 0.790. The van der Waals surface area contributed by atoms with Gasteiger partial charge in [-0.2, -0.15) is 0 Å². The topological polar surface area (TPSA) is 130 Å². The molecule has 0 amide bonds. The monoisotopic (exact) mass is 240 g/mol. The van der Waals surface area contributed by atoms with Crippen LogP contribution in [0.25, 0.3) is 0 Å². The highest BCUT2D eigenvalue weighted by molar-refractivity contribution is 5.95. The summed E-state index contributed by atoms with van der Waals surface area (Å²) in [6.45, 7) is -0.474. The lowest BCUT2D eigenvalue weighted by Crippen LogP contribution is -2.15. The molecule has 0 aliphatic rings. The van der Waals surface area contributed by atoms with Gasteiger partial charge in [-0.1, -0.05) is 0 Å². The zero-order valence-corrected chi connectivity index (χ0v) is 8.41. The molecule has 1 rings (SSSR count). The van der Waals surface area contributed by atoms with Crippen molar-refractivity contribution in [2.45, 2.75) is 0 Å². The largest absolute Gasteiger partial charge is 0.480 e. The van der Waals surface area contributed by atoms with E-state index in [0.717, 1.165) is 18.2 Å². The standard InChI is InChI=1S/C9H8N2O6/c12-8(13)4-10-7-2-1-5(11(16)17)3-6(7)9(14)15/h1-3,10H,4H2,(H,12,13)(H,14,15). The summed E-state index contributed by atoms with van der Waals surface area (Å²) in [7, 11) is 0. The Kier molecular flexibility index (Phi) is 3.60. The van der Waals surface area contributed by atoms with Crippen LogP contribution >= 0.6 is 0 Å². The molecule has 0 atom stereocenters. The van der Waals surface area contributed by atoms with Crippen molar-refractivity contribution in [1.82, 2.24) is 0 Å². The average molecular weight is 240 g/mol. The Bertz CT molecular complexity index is 484. The van der Waals surface area contributed by atoms with Crippen LogP contribution in [0.2, 0.25) is 0 Å². The Labute approximate surface area is 94.6 Å². The third-order valence-electron chi connectivity index (χ3n) is 1.87. The average Bonchev–Trinajstić information content (AvgIpc) is 2.25. The summed E-state index contributed by atoms with van der Waals surface area (Å²) in [6.07, 6.45) is 0. The molecule has 90 valence electrons. The van der Waals surface area contributed by atoms with E-state index in [1.54, 1.807) is 0 Å². The first kappa shape index (κ1) is 12.4. The minimum atomic E-state index is -1.37. The molecule has 0 radical (unpaired) electrons. The molecule has 17 heavy (non-hydrogen) atoms. The van der Waals surface area contributed by atoms with Gasteiger partial charge in [0.15, 0.2) is 0 Å². The molecule has 8 heteroatoms. The van der Waals surface area contributed by atoms with Crippen LogP contribution in [0, 0.1) is 10.1 Å². The number of non-ortho nitro benzene ring substituents is 1. The highest BCUT2D eigenvalue weighted by Crippen LogP contribution is 2.21. The van der Waals surface area contributed by atoms with Gasteiger partial charge in [0, 0.05) is 17.8 Å². The van der Waals surface area contributed by atoms with Crippen molar-refractivity contribution in [3.05, 3.63) is 33.9 Å². The van der Waals surface area contributed by atoms with Crippen LogP contribution in [0.5, 0.6) is 0 Å². The van der Waals surface area contributed by atoms with Crippen molar-refractivity contribution in [2.24, 2.45) is 0 Å². The molecular formula is C9H8N2O6. The lowest BCUT2D eigenvalue weighted by molar-refractivity contribution is -0.384. The van der Waals surface area contributed by atoms with Crippen molar-refractivity contribution in [2.75, 3.05) is 11.9 Å². The zero-order valence-electron chi connectivity index (χ0n) is 8.41. The fourth-order valence-electron chi connectivity index (χ4n) is 1.15. The number of hydrogen-bond acceptors (Lipinski definition) is 5. The van der Waals surface area contributed by atoms with Gasteiger partial charge >= 0.3 is 11.9 Å². The van der Waals surface area contributed by atoms with Gasteiger partial charge < -0.3 is 15.5 Å². The summed E-state index contributed by atoms with van der Waals surface area (Å²) in [6, 6.07) is 3.12. The molecule has 0 aromatic heterocycles. The van der Waals surface area contributed by atoms with Crippen LogP contribution in [0.15, 0.2) is 18.2 Å². The van der Waals surface area contributed by atoms with Crippen molar-refractivity contribution in [3.8, 4) is 0 Å². The van der Waals surface area contributed by atoms with E-state index in [9.17, 15) is 19.7 Å². The fraction of sp³-hybridized carbons (Fsp3) is 0.111. The van der Waals surface area contributed by atoms with Gasteiger partial charge in [-0.3, -0.25) is 14.9 Å². The van der Waals surface area contributed by atoms with Gasteiger partial charge in [-0.15, -0.1) is 0 Å². The second-order valence-electron chi connectivity index (χ2n) is 3.04. The quantitative estimate of drug-likeness (QED) is 0.512. The zero-order chi connectivity index (χ0) is 13.0. The van der Waals surface area contributed by atoms with Crippen LogP contribution in [0.1, 0.15) is 10.4 Å². The van der Waals surface area contributed by atoms with Gasteiger partial charge in [0.1, 0.15) is 6.54 Å². The predicted molar refractivity (Wildman–Crippen MR) is 56.2 cm³/mol. The van der Waals surface area contributed by atoms with Crippen molar-refractivity contribution < 1.29 is 24.7 Å². The number of nitrogens with one attached hydrogen (secondary N) is 1. The first-order valence-corrected chi connectivity index (χ1v) is 4.39. The molecule has 0 aliphatic carbocycles. The molecule has 0 spiro atoms. The maximum atomic E-state index is 10.8. The van der Waals surface area contributed by atoms with Gasteiger partial charge in [-0.05, 0) is 6.07 Å². The van der Waals surface area contributed by atoms with Gasteiger partial charge in [0.05, 0.1) is 10.5 Å². The number of carboxylic acids is 2. The summed E-state index contributed by atoms with van der Waals surface area (Å²) in [4.78, 5) is 30.9. The molecule has 1 aromatic rings. The fourth-order valence-corrected chi connectivity index (χ4v) is 1.15. The Morgan fingerprint density at radius 3 is 2.47 bits per heavy atom. The third-order valence-corrected chi connectivity index (χ3v) is 1.87. The number of benzene rings is 1. The number of aliphatic carboxylic acids is 1. The molecule has 1 aromatic carbocycles. The van der Waals surface area contributed by atoms with Crippen molar-refractivity contribution in [1.29, 1.82) is 0 Å². The van der Waals surface area contributed by atoms with E-state index >= 15 is 0 Å². The minimum Gasteiger partial charge on any atom is -0.480 e. The molecule has 0 heterocycles. The Morgan fingerprint density at radius 2 is 2.00 bits per heavy atom. The van der Waals surface area contributed by atoms with E-state index in [-0.39, 0.29) is 16.9 Å². The maximum Gasteiger partial charge on any atom is 0.338 e. The summed E-state index contributed by atoms with van der Waals surface area (Å²) >= 11 is 0. The van der Waals surface area contributed by atoms with E-state index < -0.39 is 23.4 Å². The number of aromatic carboxylic acids is 1. The van der Waals surface area contributed by atoms with E-state index in [0.29, 0.717) is 0 Å². The molecule has 0 unspecified atom stereocenters. The number of carbonyl (C=O) groups is 2. The number of nitro benzene ring substituents is 1. The van der Waals surface area contributed by atoms with Gasteiger partial charge in [0.25, 0.3) is 5.69 Å². The first-order valence-electron chi connectivity index (χ1n) is 4.39. The normalized spacial score (nSPS) is 9.65. The van der Waals surface area contributed by atoms with Crippen molar-refractivity contribution >= 4 is 23.3 Å². The van der Waals surface area contributed by atoms with E-state index in [1.165, 1.54) is 0 Å². The minimum absolute atomic E-state index is 0.0190. The highest BCUT2D eigenvalue weighted by Gasteiger charge is 2.16. The maximum absolute atomic E-state index is 10.8. The Hall–Kier alpha value is -2.64. The molecule has 0 fully saturated rings. The highest BCUT2D eigenvalue weighted by atomic mass is 16.6. The summed E-state index contributed by atoms with van der Waals surface area (Å²) in [5.74, 6) is -2.54. The lowest BCUT2D eigenvalue weighted by atomic mass is 10.1. The van der Waals surface area contributed by atoms with Crippen LogP contribution < -0.4 is 5.32 Å². The first-order chi connectivity index (χ1) is 7.91. The summed E-state index contributed by atoms with van der Waals surface area (Å²) < 4.78 is 0. The van der Waals surface area contributed by atoms with Gasteiger partial charge in [0.2, 0.25) is 0 Å². The third kappa shape index (κ3) is 3.16. The smallest absolute Gasteiger partial charge is 0.338 e. The number of rotatable bonds is 5. The number of hydrogen-bond donors (Lipinski definition) is 3. The molecule has 0 saturated heterocycles. The molecule has 8 nitrogen and oxygen atoms in total. The molecule has 0 aliphatic heterocycles. The summed E-state index contributed by atoms with van der Waals surface area (Å²) in [5, 5.41) is 30.1. The van der Waals surface area contributed by atoms with E-state index in [2.05, 4.69) is 5.32 Å². The lowest BCUT2D eigenvalue weighted by Gasteiger charge is -2.06. The Morgan fingerprint density at radius 1 is 1.35 bits per heavy atom. The number of carboxylic acid groups (broad SMARTS) is 2. The SMILES string of the molecule is O=C(O)CNc1ccc([N+](=O)[O-])cc1C(=O)O. The van der Waals surface area contributed by atoms with Gasteiger partial charge in [-0.25, -0.2) is 4.79 Å². The number of nitrogens with zero attached hydrogens (tertiary/aromatic N) is 1. The molecule has 0 saturated carbocycles. The molecule has 0 bridgehead atoms. The van der Waals surface area contributed by atoms with Crippen LogP contribution in [-0.2, 0) is 4.79 Å². The van der Waals surface area contributed by atoms with E-state index in [4.69, 9.17) is 10.2 Å². The van der Waals surface area contributed by atoms with Crippen LogP contribution in [0.3, 0.4) is 0 Å².